The fraction of sp³-hybridized carbons (Fsp3) is 0.619. The van der Waals surface area contributed by atoms with Crippen molar-refractivity contribution in [1.29, 1.82) is 0 Å². The summed E-state index contributed by atoms with van der Waals surface area (Å²) in [4.78, 5) is 27.6. The SMILES string of the molecule is CCOc1ccc(C(=O)NC(C(=O)N2CCCC(C(C)N)C2)C(C)C)cc1. The van der Waals surface area contributed by atoms with Gasteiger partial charge in [0.1, 0.15) is 11.8 Å². The minimum atomic E-state index is -0.545. The maximum absolute atomic E-state index is 13.1. The summed E-state index contributed by atoms with van der Waals surface area (Å²) < 4.78 is 5.40. The minimum absolute atomic E-state index is 0.000163. The fourth-order valence-corrected chi connectivity index (χ4v) is 3.44. The van der Waals surface area contributed by atoms with E-state index in [1.807, 2.05) is 32.6 Å². The molecule has 6 nitrogen and oxygen atoms in total. The second-order valence-corrected chi connectivity index (χ2v) is 7.70. The third kappa shape index (κ3) is 5.70. The summed E-state index contributed by atoms with van der Waals surface area (Å²) in [5.41, 5.74) is 6.56. The number of carbonyl (C=O) groups is 2. The molecule has 0 aliphatic carbocycles. The maximum Gasteiger partial charge on any atom is 0.251 e. The summed E-state index contributed by atoms with van der Waals surface area (Å²) >= 11 is 0. The Morgan fingerprint density at radius 1 is 1.26 bits per heavy atom. The molecule has 1 aliphatic rings. The van der Waals surface area contributed by atoms with E-state index in [1.165, 1.54) is 0 Å². The molecule has 1 saturated heterocycles. The Morgan fingerprint density at radius 3 is 2.48 bits per heavy atom. The number of nitrogens with one attached hydrogen (secondary N) is 1. The van der Waals surface area contributed by atoms with Crippen molar-refractivity contribution in [3.8, 4) is 5.75 Å². The van der Waals surface area contributed by atoms with Gasteiger partial charge in [-0.3, -0.25) is 9.59 Å². The molecular formula is C21H33N3O3. The van der Waals surface area contributed by atoms with Gasteiger partial charge < -0.3 is 20.7 Å². The van der Waals surface area contributed by atoms with E-state index in [0.717, 1.165) is 25.1 Å². The van der Waals surface area contributed by atoms with E-state index in [4.69, 9.17) is 10.5 Å². The van der Waals surface area contributed by atoms with Gasteiger partial charge in [0.2, 0.25) is 5.91 Å². The summed E-state index contributed by atoms with van der Waals surface area (Å²) in [6.07, 6.45) is 2.00. The van der Waals surface area contributed by atoms with Gasteiger partial charge in [0.25, 0.3) is 5.91 Å². The van der Waals surface area contributed by atoms with Crippen LogP contribution < -0.4 is 15.8 Å². The van der Waals surface area contributed by atoms with E-state index in [9.17, 15) is 9.59 Å². The van der Waals surface area contributed by atoms with Crippen LogP contribution in [0.25, 0.3) is 0 Å². The fourth-order valence-electron chi connectivity index (χ4n) is 3.44. The van der Waals surface area contributed by atoms with E-state index in [-0.39, 0.29) is 23.8 Å². The predicted molar refractivity (Wildman–Crippen MR) is 107 cm³/mol. The van der Waals surface area contributed by atoms with Crippen molar-refractivity contribution in [2.45, 2.75) is 52.6 Å². The molecule has 150 valence electrons. The number of piperidine rings is 1. The Bertz CT molecular complexity index is 628. The molecule has 0 saturated carbocycles. The lowest BCUT2D eigenvalue weighted by atomic mass is 9.91. The van der Waals surface area contributed by atoms with Crippen LogP contribution in [-0.4, -0.2) is 48.5 Å². The average Bonchev–Trinajstić information content (AvgIpc) is 2.66. The molecule has 2 rings (SSSR count). The van der Waals surface area contributed by atoms with Crippen molar-refractivity contribution in [3.05, 3.63) is 29.8 Å². The summed E-state index contributed by atoms with van der Waals surface area (Å²) in [7, 11) is 0. The van der Waals surface area contributed by atoms with Gasteiger partial charge >= 0.3 is 0 Å². The predicted octanol–water partition coefficient (Wildman–Crippen LogP) is 2.43. The van der Waals surface area contributed by atoms with Crippen molar-refractivity contribution in [2.24, 2.45) is 17.6 Å². The van der Waals surface area contributed by atoms with Crippen LogP contribution in [0.2, 0.25) is 0 Å². The number of carbonyl (C=O) groups excluding carboxylic acids is 2. The molecular weight excluding hydrogens is 342 g/mol. The first kappa shape index (κ1) is 21.2. The molecule has 0 spiro atoms. The molecule has 3 unspecified atom stereocenters. The van der Waals surface area contributed by atoms with Gasteiger partial charge in [-0.2, -0.15) is 0 Å². The van der Waals surface area contributed by atoms with Crippen molar-refractivity contribution in [1.82, 2.24) is 10.2 Å². The van der Waals surface area contributed by atoms with Gasteiger partial charge in [0.15, 0.2) is 0 Å². The normalized spacial score (nSPS) is 19.5. The van der Waals surface area contributed by atoms with Crippen LogP contribution in [0, 0.1) is 11.8 Å². The number of likely N-dealkylation sites (tertiary alicyclic amines) is 1. The third-order valence-electron chi connectivity index (χ3n) is 5.16. The zero-order valence-corrected chi connectivity index (χ0v) is 16.9. The Hall–Kier alpha value is -2.08. The number of nitrogens with zero attached hydrogens (tertiary/aromatic N) is 1. The topological polar surface area (TPSA) is 84.7 Å². The number of ether oxygens (including phenoxy) is 1. The molecule has 6 heteroatoms. The summed E-state index contributed by atoms with van der Waals surface area (Å²) in [5.74, 6) is 0.776. The highest BCUT2D eigenvalue weighted by molar-refractivity contribution is 5.97. The van der Waals surface area contributed by atoms with Crippen LogP contribution in [0.15, 0.2) is 24.3 Å². The van der Waals surface area contributed by atoms with Crippen molar-refractivity contribution >= 4 is 11.8 Å². The third-order valence-corrected chi connectivity index (χ3v) is 5.16. The maximum atomic E-state index is 13.1. The van der Waals surface area contributed by atoms with E-state index >= 15 is 0 Å². The Morgan fingerprint density at radius 2 is 1.93 bits per heavy atom. The lowest BCUT2D eigenvalue weighted by Crippen LogP contribution is -2.54. The Balaban J connectivity index is 2.05. The highest BCUT2D eigenvalue weighted by Gasteiger charge is 2.32. The van der Waals surface area contributed by atoms with E-state index in [1.54, 1.807) is 24.3 Å². The van der Waals surface area contributed by atoms with E-state index < -0.39 is 6.04 Å². The van der Waals surface area contributed by atoms with Gasteiger partial charge in [-0.25, -0.2) is 0 Å². The molecule has 0 radical (unpaired) electrons. The van der Waals surface area contributed by atoms with Gasteiger partial charge in [-0.1, -0.05) is 13.8 Å². The van der Waals surface area contributed by atoms with Crippen LogP contribution in [-0.2, 0) is 4.79 Å². The standard InChI is InChI=1S/C21H33N3O3/c1-5-27-18-10-8-16(9-11-18)20(25)23-19(14(2)3)21(26)24-12-6-7-17(13-24)15(4)22/h8-11,14-15,17,19H,5-7,12-13,22H2,1-4H3,(H,23,25). The van der Waals surface area contributed by atoms with Crippen LogP contribution in [0.3, 0.4) is 0 Å². The first-order chi connectivity index (χ1) is 12.8. The van der Waals surface area contributed by atoms with E-state index in [2.05, 4.69) is 5.32 Å². The van der Waals surface area contributed by atoms with Crippen molar-refractivity contribution in [2.75, 3.05) is 19.7 Å². The molecule has 1 heterocycles. The average molecular weight is 376 g/mol. The van der Waals surface area contributed by atoms with Gasteiger partial charge in [0, 0.05) is 24.7 Å². The zero-order valence-electron chi connectivity index (χ0n) is 16.9. The first-order valence-electron chi connectivity index (χ1n) is 9.91. The number of amides is 2. The first-order valence-corrected chi connectivity index (χ1v) is 9.91. The highest BCUT2D eigenvalue weighted by Crippen LogP contribution is 2.21. The van der Waals surface area contributed by atoms with Gasteiger partial charge in [0.05, 0.1) is 6.61 Å². The molecule has 1 fully saturated rings. The number of hydrogen-bond donors (Lipinski definition) is 2. The molecule has 2 amide bonds. The van der Waals surface area contributed by atoms with Crippen molar-refractivity contribution < 1.29 is 14.3 Å². The van der Waals surface area contributed by atoms with Gasteiger partial charge in [-0.05, 0) is 62.8 Å². The number of rotatable bonds is 7. The lowest BCUT2D eigenvalue weighted by molar-refractivity contribution is -0.136. The molecule has 1 aromatic rings. The smallest absolute Gasteiger partial charge is 0.251 e. The number of hydrogen-bond acceptors (Lipinski definition) is 4. The second kappa shape index (κ2) is 9.74. The summed E-state index contributed by atoms with van der Waals surface area (Å²) in [6.45, 7) is 9.78. The Labute approximate surface area is 162 Å². The number of benzene rings is 1. The highest BCUT2D eigenvalue weighted by atomic mass is 16.5. The Kier molecular flexibility index (Phi) is 7.66. The van der Waals surface area contributed by atoms with Crippen LogP contribution in [0.4, 0.5) is 0 Å². The molecule has 27 heavy (non-hydrogen) atoms. The van der Waals surface area contributed by atoms with Crippen molar-refractivity contribution in [3.63, 3.8) is 0 Å². The molecule has 1 aliphatic heterocycles. The molecule has 1 aromatic carbocycles. The molecule has 0 bridgehead atoms. The van der Waals surface area contributed by atoms with Crippen LogP contribution in [0.1, 0.15) is 50.9 Å². The quantitative estimate of drug-likeness (QED) is 0.766. The van der Waals surface area contributed by atoms with Crippen LogP contribution >= 0.6 is 0 Å². The summed E-state index contributed by atoms with van der Waals surface area (Å²) in [6, 6.07) is 6.49. The lowest BCUT2D eigenvalue weighted by Gasteiger charge is -2.37. The van der Waals surface area contributed by atoms with Crippen LogP contribution in [0.5, 0.6) is 5.75 Å². The zero-order chi connectivity index (χ0) is 20.0. The molecule has 3 atom stereocenters. The second-order valence-electron chi connectivity index (χ2n) is 7.70. The molecule has 3 N–H and O–H groups in total. The van der Waals surface area contributed by atoms with Gasteiger partial charge in [-0.15, -0.1) is 0 Å². The monoisotopic (exact) mass is 375 g/mol. The number of nitrogens with two attached hydrogens (primary N) is 1. The minimum Gasteiger partial charge on any atom is -0.494 e. The van der Waals surface area contributed by atoms with E-state index in [0.29, 0.717) is 24.6 Å². The summed E-state index contributed by atoms with van der Waals surface area (Å²) in [5, 5.41) is 2.92. The largest absolute Gasteiger partial charge is 0.494 e. The molecule has 0 aromatic heterocycles.